The summed E-state index contributed by atoms with van der Waals surface area (Å²) in [5.41, 5.74) is 5.23. The highest BCUT2D eigenvalue weighted by Gasteiger charge is 2.15. The van der Waals surface area contributed by atoms with Crippen LogP contribution >= 0.6 is 0 Å². The third-order valence-corrected chi connectivity index (χ3v) is 6.28. The monoisotopic (exact) mass is 481 g/mol. The summed E-state index contributed by atoms with van der Waals surface area (Å²) in [6, 6.07) is 15.8. The number of aromatic nitrogens is 5. The number of hydrogen-bond donors (Lipinski definition) is 2. The predicted octanol–water partition coefficient (Wildman–Crippen LogP) is 4.18. The van der Waals surface area contributed by atoms with Crippen molar-refractivity contribution in [1.82, 2.24) is 34.7 Å². The number of rotatable bonds is 7. The number of hydrogen-bond acceptors (Lipinski definition) is 9. The van der Waals surface area contributed by atoms with Gasteiger partial charge in [0.1, 0.15) is 17.3 Å². The first-order valence-corrected chi connectivity index (χ1v) is 12.2. The van der Waals surface area contributed by atoms with Gasteiger partial charge in [0.2, 0.25) is 5.95 Å². The lowest BCUT2D eigenvalue weighted by Crippen LogP contribution is -2.43. The average Bonchev–Trinajstić information content (AvgIpc) is 2.88. The second-order valence-corrected chi connectivity index (χ2v) is 9.17. The molecule has 0 bridgehead atoms. The summed E-state index contributed by atoms with van der Waals surface area (Å²) in [7, 11) is 2.18. The topological polar surface area (TPSA) is 95.0 Å². The van der Waals surface area contributed by atoms with Gasteiger partial charge >= 0.3 is 0 Å². The van der Waals surface area contributed by atoms with Gasteiger partial charge in [-0.15, -0.1) is 0 Å². The molecule has 9 heteroatoms. The fourth-order valence-electron chi connectivity index (χ4n) is 4.13. The molecule has 0 unspecified atom stereocenters. The quantitative estimate of drug-likeness (QED) is 0.403. The van der Waals surface area contributed by atoms with Crippen LogP contribution < -0.4 is 10.6 Å². The molecule has 9 nitrogen and oxygen atoms in total. The van der Waals surface area contributed by atoms with Crippen LogP contribution in [0.5, 0.6) is 0 Å². The van der Waals surface area contributed by atoms with E-state index in [1.165, 1.54) is 11.1 Å². The molecule has 4 aromatic rings. The molecule has 0 spiro atoms. The van der Waals surface area contributed by atoms with Gasteiger partial charge in [-0.3, -0.25) is 4.90 Å². The SMILES string of the molecule is Cc1cccc(-c2nccc(Nc3ccnc(Nc4ccc(C)c(CN5CCN(C)CC5)c4)n3)n2)n1. The second kappa shape index (κ2) is 10.8. The minimum atomic E-state index is 0.518. The number of pyridine rings is 1. The lowest BCUT2D eigenvalue weighted by molar-refractivity contribution is 0.148. The summed E-state index contributed by atoms with van der Waals surface area (Å²) in [4.78, 5) is 27.4. The Balaban J connectivity index is 1.28. The van der Waals surface area contributed by atoms with Crippen LogP contribution in [0, 0.1) is 13.8 Å². The third kappa shape index (κ3) is 5.99. The van der Waals surface area contributed by atoms with E-state index in [-0.39, 0.29) is 0 Å². The van der Waals surface area contributed by atoms with E-state index in [1.54, 1.807) is 18.5 Å². The standard InChI is InChI=1S/C27H31N9/c1-19-7-8-22(17-21(19)18-36-15-13-35(3)14-16-36)31-27-29-12-10-25(34-27)32-24-9-11-28-26(33-24)23-6-4-5-20(2)30-23/h4-12,17H,13-16,18H2,1-3H3,(H2,28,29,31,32,33,34). The van der Waals surface area contributed by atoms with E-state index in [9.17, 15) is 0 Å². The van der Waals surface area contributed by atoms with Crippen molar-refractivity contribution in [3.05, 3.63) is 77.7 Å². The maximum Gasteiger partial charge on any atom is 0.229 e. The molecular weight excluding hydrogens is 450 g/mol. The molecule has 1 aliphatic heterocycles. The zero-order valence-electron chi connectivity index (χ0n) is 20.9. The van der Waals surface area contributed by atoms with Crippen LogP contribution in [0.4, 0.5) is 23.3 Å². The number of nitrogens with one attached hydrogen (secondary N) is 2. The summed E-state index contributed by atoms with van der Waals surface area (Å²) in [5.74, 6) is 2.35. The molecule has 0 atom stereocenters. The Kier molecular flexibility index (Phi) is 7.11. The predicted molar refractivity (Wildman–Crippen MR) is 143 cm³/mol. The summed E-state index contributed by atoms with van der Waals surface area (Å²) < 4.78 is 0. The van der Waals surface area contributed by atoms with Crippen LogP contribution in [0.1, 0.15) is 16.8 Å². The highest BCUT2D eigenvalue weighted by Crippen LogP contribution is 2.22. The van der Waals surface area contributed by atoms with Crippen LogP contribution in [-0.2, 0) is 6.54 Å². The fourth-order valence-corrected chi connectivity index (χ4v) is 4.13. The van der Waals surface area contributed by atoms with Crippen LogP contribution in [0.15, 0.2) is 60.9 Å². The van der Waals surface area contributed by atoms with E-state index in [1.807, 2.05) is 31.2 Å². The van der Waals surface area contributed by atoms with Crippen molar-refractivity contribution in [3.63, 3.8) is 0 Å². The van der Waals surface area contributed by atoms with Gasteiger partial charge in [0.15, 0.2) is 5.82 Å². The Bertz CT molecular complexity index is 1330. The highest BCUT2D eigenvalue weighted by atomic mass is 15.2. The molecule has 4 heterocycles. The molecule has 1 aromatic carbocycles. The van der Waals surface area contributed by atoms with E-state index >= 15 is 0 Å². The maximum atomic E-state index is 4.63. The van der Waals surface area contributed by atoms with Gasteiger partial charge < -0.3 is 15.5 Å². The first-order chi connectivity index (χ1) is 17.5. The molecule has 184 valence electrons. The molecule has 36 heavy (non-hydrogen) atoms. The zero-order chi connectivity index (χ0) is 24.9. The molecule has 0 saturated carbocycles. The van der Waals surface area contributed by atoms with Crippen molar-refractivity contribution >= 4 is 23.3 Å². The molecule has 1 aliphatic rings. The van der Waals surface area contributed by atoms with Crippen molar-refractivity contribution in [2.45, 2.75) is 20.4 Å². The van der Waals surface area contributed by atoms with Crippen LogP contribution in [0.2, 0.25) is 0 Å². The van der Waals surface area contributed by atoms with Gasteiger partial charge in [-0.25, -0.2) is 19.9 Å². The largest absolute Gasteiger partial charge is 0.325 e. The Hall–Kier alpha value is -3.95. The number of aryl methyl sites for hydroxylation is 2. The number of likely N-dealkylation sites (N-methyl/N-ethyl adjacent to an activating group) is 1. The molecule has 1 fully saturated rings. The van der Waals surface area contributed by atoms with Crippen molar-refractivity contribution in [2.75, 3.05) is 43.9 Å². The molecule has 0 amide bonds. The average molecular weight is 482 g/mol. The van der Waals surface area contributed by atoms with Gasteiger partial charge in [-0.05, 0) is 68.4 Å². The van der Waals surface area contributed by atoms with Gasteiger partial charge in [-0.2, -0.15) is 4.98 Å². The maximum absolute atomic E-state index is 4.63. The summed E-state index contributed by atoms with van der Waals surface area (Å²) in [6.45, 7) is 9.47. The second-order valence-electron chi connectivity index (χ2n) is 9.17. The molecule has 2 N–H and O–H groups in total. The number of nitrogens with zero attached hydrogens (tertiary/aromatic N) is 7. The Morgan fingerprint density at radius 2 is 1.58 bits per heavy atom. The van der Waals surface area contributed by atoms with E-state index in [4.69, 9.17) is 0 Å². The zero-order valence-corrected chi connectivity index (χ0v) is 20.9. The minimum absolute atomic E-state index is 0.518. The molecule has 1 saturated heterocycles. The van der Waals surface area contributed by atoms with Gasteiger partial charge in [0.05, 0.1) is 0 Å². The highest BCUT2D eigenvalue weighted by molar-refractivity contribution is 5.60. The van der Waals surface area contributed by atoms with E-state index in [0.717, 1.165) is 49.8 Å². The van der Waals surface area contributed by atoms with Gasteiger partial charge in [0, 0.05) is 56.5 Å². The molecule has 0 radical (unpaired) electrons. The molecule has 5 rings (SSSR count). The Morgan fingerprint density at radius 1 is 0.806 bits per heavy atom. The normalized spacial score (nSPS) is 14.5. The van der Waals surface area contributed by atoms with Gasteiger partial charge in [-0.1, -0.05) is 12.1 Å². The lowest BCUT2D eigenvalue weighted by atomic mass is 10.1. The smallest absolute Gasteiger partial charge is 0.229 e. The Morgan fingerprint density at radius 3 is 2.39 bits per heavy atom. The van der Waals surface area contributed by atoms with Crippen LogP contribution in [0.25, 0.3) is 11.5 Å². The number of anilines is 4. The fraction of sp³-hybridized carbons (Fsp3) is 0.296. The Labute approximate surface area is 211 Å². The third-order valence-electron chi connectivity index (χ3n) is 6.28. The number of benzene rings is 1. The van der Waals surface area contributed by atoms with Crippen molar-refractivity contribution in [2.24, 2.45) is 0 Å². The number of piperazine rings is 1. The summed E-state index contributed by atoms with van der Waals surface area (Å²) in [6.07, 6.45) is 3.43. The van der Waals surface area contributed by atoms with Crippen LogP contribution in [-0.4, -0.2) is 67.9 Å². The molecule has 0 aliphatic carbocycles. The first-order valence-electron chi connectivity index (χ1n) is 12.2. The van der Waals surface area contributed by atoms with Gasteiger partial charge in [0.25, 0.3) is 0 Å². The minimum Gasteiger partial charge on any atom is -0.325 e. The summed E-state index contributed by atoms with van der Waals surface area (Å²) in [5, 5.41) is 6.61. The van der Waals surface area contributed by atoms with E-state index in [2.05, 4.69) is 77.5 Å². The molecule has 3 aromatic heterocycles. The van der Waals surface area contributed by atoms with E-state index < -0.39 is 0 Å². The van der Waals surface area contributed by atoms with Crippen molar-refractivity contribution < 1.29 is 0 Å². The van der Waals surface area contributed by atoms with E-state index in [0.29, 0.717) is 23.4 Å². The first kappa shape index (κ1) is 23.8. The summed E-state index contributed by atoms with van der Waals surface area (Å²) >= 11 is 0. The lowest BCUT2D eigenvalue weighted by Gasteiger charge is -2.32. The molecular formula is C27H31N9. The van der Waals surface area contributed by atoms with Crippen molar-refractivity contribution in [3.8, 4) is 11.5 Å². The van der Waals surface area contributed by atoms with Crippen molar-refractivity contribution in [1.29, 1.82) is 0 Å². The van der Waals surface area contributed by atoms with Crippen LogP contribution in [0.3, 0.4) is 0 Å².